The van der Waals surface area contributed by atoms with Crippen molar-refractivity contribution >= 4 is 11.6 Å². The first-order chi connectivity index (χ1) is 9.75. The van der Waals surface area contributed by atoms with Gasteiger partial charge in [0.25, 0.3) is 0 Å². The molecule has 0 atom stereocenters. The van der Waals surface area contributed by atoms with Crippen LogP contribution < -0.4 is 16.4 Å². The second-order valence-electron chi connectivity index (χ2n) is 5.18. The zero-order valence-corrected chi connectivity index (χ0v) is 12.0. The Morgan fingerprint density at radius 2 is 1.65 bits per heavy atom. The number of benzene rings is 1. The Bertz CT molecular complexity index is 404. The molecule has 0 unspecified atom stereocenters. The van der Waals surface area contributed by atoms with Crippen LogP contribution in [0.5, 0.6) is 0 Å². The average molecular weight is 275 g/mol. The summed E-state index contributed by atoms with van der Waals surface area (Å²) in [6, 6.07) is 10.7. The lowest BCUT2D eigenvalue weighted by Gasteiger charge is -2.31. The van der Waals surface area contributed by atoms with Crippen LogP contribution >= 0.6 is 0 Å². The molecule has 1 aliphatic heterocycles. The molecule has 1 fully saturated rings. The van der Waals surface area contributed by atoms with Gasteiger partial charge in [0, 0.05) is 25.3 Å². The number of guanidine groups is 1. The van der Waals surface area contributed by atoms with E-state index < -0.39 is 0 Å². The zero-order valence-electron chi connectivity index (χ0n) is 12.0. The third kappa shape index (κ3) is 4.74. The summed E-state index contributed by atoms with van der Waals surface area (Å²) < 4.78 is 0. The highest BCUT2D eigenvalue weighted by molar-refractivity contribution is 5.75. The second kappa shape index (κ2) is 7.75. The second-order valence-corrected chi connectivity index (χ2v) is 5.18. The van der Waals surface area contributed by atoms with E-state index in [2.05, 4.69) is 45.1 Å². The number of rotatable bonds is 4. The van der Waals surface area contributed by atoms with E-state index >= 15 is 0 Å². The highest BCUT2D eigenvalue weighted by atomic mass is 15.2. The van der Waals surface area contributed by atoms with Gasteiger partial charge in [-0.2, -0.15) is 0 Å². The van der Waals surface area contributed by atoms with Gasteiger partial charge in [0.2, 0.25) is 0 Å². The van der Waals surface area contributed by atoms with Gasteiger partial charge in [0.1, 0.15) is 0 Å². The highest BCUT2D eigenvalue weighted by Gasteiger charge is 2.12. The maximum absolute atomic E-state index is 5.35. The lowest BCUT2D eigenvalue weighted by atomic mass is 10.2. The molecule has 1 aromatic rings. The molecule has 0 saturated carbocycles. The molecule has 0 amide bonds. The molecule has 0 aromatic heterocycles. The fourth-order valence-electron chi connectivity index (χ4n) is 2.64. The van der Waals surface area contributed by atoms with Gasteiger partial charge < -0.3 is 21.3 Å². The standard InChI is InChI=1S/C15H25N5/c16-15(17)18-8-13-19-9-4-11-20(12-5-10-19)14-6-2-1-3-7-14/h1-3,6-7H,4-5,8-13H2,(H4,16,17,18). The minimum Gasteiger partial charge on any atom is -0.371 e. The molecule has 0 aliphatic carbocycles. The van der Waals surface area contributed by atoms with E-state index in [1.807, 2.05) is 0 Å². The summed E-state index contributed by atoms with van der Waals surface area (Å²) in [5, 5.41) is 0. The quantitative estimate of drug-likeness (QED) is 0.631. The van der Waals surface area contributed by atoms with Crippen molar-refractivity contribution in [2.75, 3.05) is 44.2 Å². The summed E-state index contributed by atoms with van der Waals surface area (Å²) in [7, 11) is 0. The molecular formula is C15H25N5. The van der Waals surface area contributed by atoms with E-state index in [0.717, 1.165) is 32.7 Å². The molecule has 1 heterocycles. The number of para-hydroxylation sites is 1. The van der Waals surface area contributed by atoms with Crippen LogP contribution in [0, 0.1) is 0 Å². The average Bonchev–Trinajstić information content (AvgIpc) is 2.41. The Labute approximate surface area is 121 Å². The van der Waals surface area contributed by atoms with Gasteiger partial charge in [-0.25, -0.2) is 0 Å². The summed E-state index contributed by atoms with van der Waals surface area (Å²) in [4.78, 5) is 8.99. The van der Waals surface area contributed by atoms with E-state index in [4.69, 9.17) is 11.5 Å². The van der Waals surface area contributed by atoms with Gasteiger partial charge in [-0.05, 0) is 38.1 Å². The first-order valence-corrected chi connectivity index (χ1v) is 7.33. The van der Waals surface area contributed by atoms with Crippen molar-refractivity contribution in [2.24, 2.45) is 16.5 Å². The predicted molar refractivity (Wildman–Crippen MR) is 85.0 cm³/mol. The summed E-state index contributed by atoms with van der Waals surface area (Å²) in [5.41, 5.74) is 12.0. The summed E-state index contributed by atoms with van der Waals surface area (Å²) in [5.74, 6) is 0.187. The van der Waals surface area contributed by atoms with Gasteiger partial charge in [0.05, 0.1) is 6.54 Å². The Kier molecular flexibility index (Phi) is 5.68. The fraction of sp³-hybridized carbons (Fsp3) is 0.533. The first kappa shape index (κ1) is 14.7. The normalized spacial score (nSPS) is 17.3. The maximum Gasteiger partial charge on any atom is 0.185 e. The summed E-state index contributed by atoms with van der Waals surface area (Å²) >= 11 is 0. The minimum atomic E-state index is 0.187. The fourth-order valence-corrected chi connectivity index (χ4v) is 2.64. The minimum absolute atomic E-state index is 0.187. The number of aliphatic imine (C=N–C) groups is 1. The molecule has 5 nitrogen and oxygen atoms in total. The lowest BCUT2D eigenvalue weighted by Crippen LogP contribution is -2.38. The van der Waals surface area contributed by atoms with Gasteiger partial charge in [0.15, 0.2) is 5.96 Å². The molecule has 20 heavy (non-hydrogen) atoms. The topological polar surface area (TPSA) is 70.9 Å². The maximum atomic E-state index is 5.35. The van der Waals surface area contributed by atoms with E-state index in [1.165, 1.54) is 18.5 Å². The van der Waals surface area contributed by atoms with Crippen molar-refractivity contribution in [3.05, 3.63) is 30.3 Å². The molecule has 5 heteroatoms. The first-order valence-electron chi connectivity index (χ1n) is 7.33. The number of hydrogen-bond donors (Lipinski definition) is 2. The molecule has 4 N–H and O–H groups in total. The number of nitrogens with two attached hydrogens (primary N) is 2. The van der Waals surface area contributed by atoms with Crippen LogP contribution in [-0.2, 0) is 0 Å². The van der Waals surface area contributed by atoms with Gasteiger partial charge >= 0.3 is 0 Å². The van der Waals surface area contributed by atoms with Crippen LogP contribution in [0.3, 0.4) is 0 Å². The SMILES string of the molecule is NC(N)=NCCN1CCCN(c2ccccc2)CCC1. The van der Waals surface area contributed by atoms with Crippen LogP contribution in [-0.4, -0.2) is 50.1 Å². The molecule has 110 valence electrons. The number of hydrogen-bond acceptors (Lipinski definition) is 3. The van der Waals surface area contributed by atoms with Crippen molar-refractivity contribution in [2.45, 2.75) is 12.8 Å². The molecule has 0 bridgehead atoms. The largest absolute Gasteiger partial charge is 0.371 e. The number of nitrogens with zero attached hydrogens (tertiary/aromatic N) is 3. The van der Waals surface area contributed by atoms with E-state index in [1.54, 1.807) is 0 Å². The van der Waals surface area contributed by atoms with Crippen molar-refractivity contribution in [3.63, 3.8) is 0 Å². The monoisotopic (exact) mass is 275 g/mol. The Morgan fingerprint density at radius 3 is 2.25 bits per heavy atom. The Balaban J connectivity index is 1.79. The van der Waals surface area contributed by atoms with Crippen molar-refractivity contribution in [1.82, 2.24) is 4.90 Å². The third-order valence-corrected chi connectivity index (χ3v) is 3.64. The third-order valence-electron chi connectivity index (χ3n) is 3.64. The van der Waals surface area contributed by atoms with Crippen LogP contribution in [0.15, 0.2) is 35.3 Å². The zero-order chi connectivity index (χ0) is 14.2. The smallest absolute Gasteiger partial charge is 0.185 e. The lowest BCUT2D eigenvalue weighted by molar-refractivity contribution is 0.266. The summed E-state index contributed by atoms with van der Waals surface area (Å²) in [6.07, 6.45) is 2.35. The Morgan fingerprint density at radius 1 is 1.00 bits per heavy atom. The molecular weight excluding hydrogens is 250 g/mol. The van der Waals surface area contributed by atoms with Gasteiger partial charge in [-0.3, -0.25) is 4.99 Å². The molecule has 0 radical (unpaired) electrons. The molecule has 2 rings (SSSR count). The number of anilines is 1. The summed E-state index contributed by atoms with van der Waals surface area (Å²) in [6.45, 7) is 6.10. The van der Waals surface area contributed by atoms with Crippen LogP contribution in [0.25, 0.3) is 0 Å². The van der Waals surface area contributed by atoms with Crippen molar-refractivity contribution < 1.29 is 0 Å². The molecule has 1 saturated heterocycles. The molecule has 1 aromatic carbocycles. The van der Waals surface area contributed by atoms with Crippen LogP contribution in [0.4, 0.5) is 5.69 Å². The van der Waals surface area contributed by atoms with Crippen LogP contribution in [0.1, 0.15) is 12.8 Å². The van der Waals surface area contributed by atoms with E-state index in [-0.39, 0.29) is 5.96 Å². The highest BCUT2D eigenvalue weighted by Crippen LogP contribution is 2.15. The van der Waals surface area contributed by atoms with Gasteiger partial charge in [-0.15, -0.1) is 0 Å². The molecule has 1 aliphatic rings. The van der Waals surface area contributed by atoms with Crippen LogP contribution in [0.2, 0.25) is 0 Å². The predicted octanol–water partition coefficient (Wildman–Crippen LogP) is 0.862. The van der Waals surface area contributed by atoms with Crippen molar-refractivity contribution in [3.8, 4) is 0 Å². The van der Waals surface area contributed by atoms with Crippen molar-refractivity contribution in [1.29, 1.82) is 0 Å². The van der Waals surface area contributed by atoms with E-state index in [0.29, 0.717) is 6.54 Å². The van der Waals surface area contributed by atoms with E-state index in [9.17, 15) is 0 Å². The Hall–Kier alpha value is -1.75. The molecule has 0 spiro atoms. The van der Waals surface area contributed by atoms with Gasteiger partial charge in [-0.1, -0.05) is 18.2 Å².